The maximum Gasteiger partial charge on any atom is 0.170 e. The van der Waals surface area contributed by atoms with E-state index in [1.807, 2.05) is 30.7 Å². The second-order valence-corrected chi connectivity index (χ2v) is 4.83. The summed E-state index contributed by atoms with van der Waals surface area (Å²) in [5.41, 5.74) is 2.46. The Balaban J connectivity index is 1.79. The van der Waals surface area contributed by atoms with E-state index < -0.39 is 0 Å². The molecule has 2 aromatic rings. The van der Waals surface area contributed by atoms with E-state index >= 15 is 0 Å². The Hall–Kier alpha value is -2.04. The maximum atomic E-state index is 5.90. The van der Waals surface area contributed by atoms with Crippen molar-refractivity contribution in [2.24, 2.45) is 7.05 Å². The fourth-order valence-electron chi connectivity index (χ4n) is 2.32. The number of rotatable bonds is 3. The third-order valence-electron chi connectivity index (χ3n) is 3.58. The first-order valence-electron chi connectivity index (χ1n) is 6.59. The average molecular weight is 258 g/mol. The van der Waals surface area contributed by atoms with Crippen LogP contribution in [0, 0.1) is 6.92 Å². The molecule has 1 aliphatic heterocycles. The lowest BCUT2D eigenvalue weighted by Crippen LogP contribution is -2.13. The van der Waals surface area contributed by atoms with Crippen molar-refractivity contribution >= 4 is 5.69 Å². The van der Waals surface area contributed by atoms with Gasteiger partial charge in [0, 0.05) is 13.6 Å². The molecule has 1 aliphatic rings. The lowest BCUT2D eigenvalue weighted by Gasteiger charge is -2.21. The van der Waals surface area contributed by atoms with E-state index in [4.69, 9.17) is 4.74 Å². The third kappa shape index (κ3) is 2.28. The van der Waals surface area contributed by atoms with Gasteiger partial charge in [-0.1, -0.05) is 12.1 Å². The summed E-state index contributed by atoms with van der Waals surface area (Å²) in [6.07, 6.45) is 2.29. The number of para-hydroxylation sites is 1. The molecule has 0 unspecified atom stereocenters. The van der Waals surface area contributed by atoms with Crippen LogP contribution in [-0.2, 0) is 20.1 Å². The van der Waals surface area contributed by atoms with E-state index in [9.17, 15) is 0 Å². The first-order chi connectivity index (χ1) is 9.25. The summed E-state index contributed by atoms with van der Waals surface area (Å²) in [4.78, 5) is 0. The molecule has 5 nitrogen and oxygen atoms in total. The first-order valence-corrected chi connectivity index (χ1v) is 6.59. The number of nitrogens with one attached hydrogen (secondary N) is 1. The molecule has 0 spiro atoms. The van der Waals surface area contributed by atoms with Crippen LogP contribution in [0.25, 0.3) is 0 Å². The van der Waals surface area contributed by atoms with Gasteiger partial charge in [0.1, 0.15) is 18.2 Å². The molecule has 0 aliphatic carbocycles. The van der Waals surface area contributed by atoms with Gasteiger partial charge in [-0.3, -0.25) is 0 Å². The van der Waals surface area contributed by atoms with Crippen molar-refractivity contribution in [1.29, 1.82) is 0 Å². The predicted octanol–water partition coefficient (Wildman–Crippen LogP) is 2.06. The molecule has 0 atom stereocenters. The Morgan fingerprint density at radius 2 is 2.26 bits per heavy atom. The predicted molar refractivity (Wildman–Crippen MR) is 73.3 cm³/mol. The summed E-state index contributed by atoms with van der Waals surface area (Å²) < 4.78 is 7.85. The van der Waals surface area contributed by atoms with Gasteiger partial charge < -0.3 is 14.6 Å². The fourth-order valence-corrected chi connectivity index (χ4v) is 2.32. The van der Waals surface area contributed by atoms with Gasteiger partial charge in [-0.2, -0.15) is 0 Å². The minimum Gasteiger partial charge on any atom is -0.483 e. The van der Waals surface area contributed by atoms with Crippen molar-refractivity contribution in [1.82, 2.24) is 14.8 Å². The Morgan fingerprint density at radius 3 is 3.05 bits per heavy atom. The zero-order chi connectivity index (χ0) is 13.2. The molecule has 1 N–H and O–H groups in total. The molecule has 0 fully saturated rings. The van der Waals surface area contributed by atoms with Gasteiger partial charge in [-0.25, -0.2) is 0 Å². The molecule has 0 saturated heterocycles. The van der Waals surface area contributed by atoms with Crippen LogP contribution in [0.1, 0.15) is 23.6 Å². The zero-order valence-electron chi connectivity index (χ0n) is 11.3. The Kier molecular flexibility index (Phi) is 3.11. The van der Waals surface area contributed by atoms with Crippen LogP contribution in [0.2, 0.25) is 0 Å². The van der Waals surface area contributed by atoms with E-state index in [0.29, 0.717) is 6.61 Å². The third-order valence-corrected chi connectivity index (χ3v) is 3.58. The van der Waals surface area contributed by atoms with Crippen molar-refractivity contribution in [3.63, 3.8) is 0 Å². The summed E-state index contributed by atoms with van der Waals surface area (Å²) in [5.74, 6) is 2.63. The zero-order valence-corrected chi connectivity index (χ0v) is 11.3. The van der Waals surface area contributed by atoms with Crippen molar-refractivity contribution in [3.05, 3.63) is 35.4 Å². The van der Waals surface area contributed by atoms with Crippen LogP contribution < -0.4 is 10.1 Å². The van der Waals surface area contributed by atoms with Crippen LogP contribution in [-0.4, -0.2) is 21.3 Å². The molecule has 3 rings (SSSR count). The molecule has 5 heteroatoms. The minimum atomic E-state index is 0.440. The average Bonchev–Trinajstić information content (AvgIpc) is 2.76. The fraction of sp³-hybridized carbons (Fsp3) is 0.429. The largest absolute Gasteiger partial charge is 0.483 e. The van der Waals surface area contributed by atoms with Crippen LogP contribution in [0.15, 0.2) is 18.2 Å². The summed E-state index contributed by atoms with van der Waals surface area (Å²) in [5, 5.41) is 11.6. The Labute approximate surface area is 112 Å². The first kappa shape index (κ1) is 12.0. The number of fused-ring (bicyclic) bond motifs is 1. The van der Waals surface area contributed by atoms with E-state index in [-0.39, 0.29) is 0 Å². The standard InChI is InChI=1S/C14H18N4O/c1-10-16-17-13(18(10)2)9-19-12-7-3-5-11-6-4-8-15-14(11)12/h3,5,7,15H,4,6,8-9H2,1-2H3. The van der Waals surface area contributed by atoms with E-state index in [2.05, 4.69) is 21.6 Å². The molecule has 100 valence electrons. The normalized spacial score (nSPS) is 13.8. The Morgan fingerprint density at radius 1 is 1.37 bits per heavy atom. The quantitative estimate of drug-likeness (QED) is 0.915. The van der Waals surface area contributed by atoms with Crippen LogP contribution in [0.5, 0.6) is 5.75 Å². The van der Waals surface area contributed by atoms with Gasteiger partial charge >= 0.3 is 0 Å². The number of hydrogen-bond donors (Lipinski definition) is 1. The lowest BCUT2D eigenvalue weighted by atomic mass is 10.0. The molecule has 1 aromatic heterocycles. The number of ether oxygens (including phenoxy) is 1. The monoisotopic (exact) mass is 258 g/mol. The molecule has 1 aromatic carbocycles. The van der Waals surface area contributed by atoms with Gasteiger partial charge in [0.2, 0.25) is 0 Å². The number of aryl methyl sites for hydroxylation is 2. The second-order valence-electron chi connectivity index (χ2n) is 4.83. The molecular formula is C14H18N4O. The van der Waals surface area contributed by atoms with Gasteiger partial charge in [0.25, 0.3) is 0 Å². The highest BCUT2D eigenvalue weighted by atomic mass is 16.5. The van der Waals surface area contributed by atoms with Crippen molar-refractivity contribution < 1.29 is 4.74 Å². The van der Waals surface area contributed by atoms with Crippen molar-refractivity contribution in [3.8, 4) is 5.75 Å². The highest BCUT2D eigenvalue weighted by molar-refractivity contribution is 5.63. The molecule has 19 heavy (non-hydrogen) atoms. The molecule has 0 amide bonds. The highest BCUT2D eigenvalue weighted by Gasteiger charge is 2.14. The maximum absolute atomic E-state index is 5.90. The van der Waals surface area contributed by atoms with Crippen LogP contribution in [0.4, 0.5) is 5.69 Å². The van der Waals surface area contributed by atoms with Gasteiger partial charge in [-0.05, 0) is 31.4 Å². The smallest absolute Gasteiger partial charge is 0.170 e. The van der Waals surface area contributed by atoms with Gasteiger partial charge in [0.05, 0.1) is 5.69 Å². The summed E-state index contributed by atoms with van der Waals surface area (Å²) >= 11 is 0. The van der Waals surface area contributed by atoms with Crippen molar-refractivity contribution in [2.45, 2.75) is 26.4 Å². The molecule has 0 saturated carbocycles. The molecule has 0 bridgehead atoms. The molecule has 0 radical (unpaired) electrons. The van der Waals surface area contributed by atoms with E-state index in [1.165, 1.54) is 12.0 Å². The number of anilines is 1. The Bertz CT molecular complexity index is 591. The van der Waals surface area contributed by atoms with E-state index in [1.54, 1.807) is 0 Å². The summed E-state index contributed by atoms with van der Waals surface area (Å²) in [6.45, 7) is 3.38. The number of aromatic nitrogens is 3. The van der Waals surface area contributed by atoms with Gasteiger partial charge in [0.15, 0.2) is 5.82 Å². The van der Waals surface area contributed by atoms with Crippen LogP contribution >= 0.6 is 0 Å². The number of hydrogen-bond acceptors (Lipinski definition) is 4. The molecular weight excluding hydrogens is 240 g/mol. The highest BCUT2D eigenvalue weighted by Crippen LogP contribution is 2.32. The summed E-state index contributed by atoms with van der Waals surface area (Å²) in [7, 11) is 1.95. The minimum absolute atomic E-state index is 0.440. The van der Waals surface area contributed by atoms with Gasteiger partial charge in [-0.15, -0.1) is 10.2 Å². The topological polar surface area (TPSA) is 52.0 Å². The molecule has 2 heterocycles. The second kappa shape index (κ2) is 4.91. The van der Waals surface area contributed by atoms with E-state index in [0.717, 1.165) is 36.1 Å². The van der Waals surface area contributed by atoms with Crippen LogP contribution in [0.3, 0.4) is 0 Å². The van der Waals surface area contributed by atoms with Crippen molar-refractivity contribution in [2.75, 3.05) is 11.9 Å². The summed E-state index contributed by atoms with van der Waals surface area (Å²) in [6, 6.07) is 6.20. The SMILES string of the molecule is Cc1nnc(COc2cccc3c2NCCC3)n1C. The number of benzene rings is 1. The number of nitrogens with zero attached hydrogens (tertiary/aromatic N) is 3. The lowest BCUT2D eigenvalue weighted by molar-refractivity contribution is 0.292.